The average molecular weight is 146 g/mol. The van der Waals surface area contributed by atoms with E-state index in [4.69, 9.17) is 9.90 Å². The van der Waals surface area contributed by atoms with E-state index in [0.717, 1.165) is 6.92 Å². The third-order valence-corrected chi connectivity index (χ3v) is 0.383. The van der Waals surface area contributed by atoms with Gasteiger partial charge in [-0.2, -0.15) is 0 Å². The predicted molar refractivity (Wildman–Crippen MR) is 26.4 cm³/mol. The number of rotatable bonds is 0. The summed E-state index contributed by atoms with van der Waals surface area (Å²) < 4.78 is 0. The molecule has 0 atom stereocenters. The van der Waals surface area contributed by atoms with Gasteiger partial charge < -0.3 is 9.90 Å². The number of nitrogens with zero attached hydrogens (tertiary/aromatic N) is 1. The van der Waals surface area contributed by atoms with Crippen molar-refractivity contribution in [3.8, 4) is 0 Å². The zero-order valence-electron chi connectivity index (χ0n) is 5.17. The first kappa shape index (κ1) is 8.34. The van der Waals surface area contributed by atoms with Crippen molar-refractivity contribution < 1.29 is 15.1 Å². The van der Waals surface area contributed by atoms with E-state index in [1.165, 1.54) is 0 Å². The third-order valence-electron chi connectivity index (χ3n) is 0.383. The molecule has 1 aromatic rings. The number of carbonyl (C=O) groups is 1. The molecule has 0 saturated carbocycles. The number of carboxylic acid groups (broad SMARTS) is 1. The van der Waals surface area contributed by atoms with Crippen molar-refractivity contribution in [3.63, 3.8) is 0 Å². The van der Waals surface area contributed by atoms with Crippen LogP contribution in [0.1, 0.15) is 6.92 Å². The van der Waals surface area contributed by atoms with Crippen LogP contribution in [0.2, 0.25) is 0 Å². The van der Waals surface area contributed by atoms with Crippen LogP contribution in [0.25, 0.3) is 0 Å². The van der Waals surface area contributed by atoms with Crippen molar-refractivity contribution >= 4 is 5.97 Å². The van der Waals surface area contributed by atoms with Crippen LogP contribution in [0.5, 0.6) is 0 Å². The molecule has 0 unspecified atom stereocenters. The first-order valence-electron chi connectivity index (χ1n) is 2.31. The molecule has 3 N–H and O–H groups in total. The summed E-state index contributed by atoms with van der Waals surface area (Å²) in [5.41, 5.74) is -0.324. The highest BCUT2D eigenvalue weighted by molar-refractivity contribution is 5.60. The van der Waals surface area contributed by atoms with Gasteiger partial charge in [-0.1, -0.05) is 10.3 Å². The molecule has 0 aliphatic carbocycles. The minimum atomic E-state index is -1.08. The van der Waals surface area contributed by atoms with E-state index >= 15 is 0 Å². The van der Waals surface area contributed by atoms with Gasteiger partial charge in [-0.05, 0) is 6.92 Å². The number of H-pyrrole nitrogens is 3. The fourth-order valence-electron chi connectivity index (χ4n) is 0.185. The maximum Gasteiger partial charge on any atom is 0.463 e. The Labute approximate surface area is 55.1 Å². The van der Waals surface area contributed by atoms with E-state index in [1.54, 1.807) is 0 Å². The molecule has 7 heteroatoms. The molecular weight excluding hydrogens is 140 g/mol. The molecule has 10 heavy (non-hydrogen) atoms. The second-order valence-corrected chi connectivity index (χ2v) is 1.28. The summed E-state index contributed by atoms with van der Waals surface area (Å²) in [6, 6.07) is 0. The highest BCUT2D eigenvalue weighted by Crippen LogP contribution is 1.31. The van der Waals surface area contributed by atoms with E-state index in [-0.39, 0.29) is 5.69 Å². The smallest absolute Gasteiger partial charge is 0.463 e. The second-order valence-electron chi connectivity index (χ2n) is 1.28. The number of carbonyl (C=O) groups excluding carboxylic acids is 1. The van der Waals surface area contributed by atoms with Crippen LogP contribution >= 0.6 is 0 Å². The fourth-order valence-corrected chi connectivity index (χ4v) is 0.185. The van der Waals surface area contributed by atoms with Gasteiger partial charge in [0, 0.05) is 5.97 Å². The van der Waals surface area contributed by atoms with Gasteiger partial charge in [0.2, 0.25) is 0 Å². The van der Waals surface area contributed by atoms with Crippen molar-refractivity contribution in [3.05, 3.63) is 10.5 Å². The van der Waals surface area contributed by atoms with Gasteiger partial charge in [-0.25, -0.2) is 4.79 Å². The Morgan fingerprint density at radius 1 is 1.80 bits per heavy atom. The van der Waals surface area contributed by atoms with E-state index in [9.17, 15) is 4.79 Å². The molecular formula is C3H6N4O3. The lowest BCUT2D eigenvalue weighted by molar-refractivity contribution is -0.522. The van der Waals surface area contributed by atoms with Gasteiger partial charge in [0.15, 0.2) is 0 Å². The van der Waals surface area contributed by atoms with Gasteiger partial charge in [-0.15, -0.1) is 5.10 Å². The number of aromatic nitrogens is 4. The highest BCUT2D eigenvalue weighted by atomic mass is 16.4. The predicted octanol–water partition coefficient (Wildman–Crippen LogP) is -3.33. The van der Waals surface area contributed by atoms with Crippen LogP contribution in [-0.2, 0) is 4.79 Å². The molecule has 0 aliphatic rings. The highest BCUT2D eigenvalue weighted by Gasteiger charge is 1.80. The number of hydrogen-bond donors (Lipinski definition) is 2. The molecule has 0 fully saturated rings. The van der Waals surface area contributed by atoms with Gasteiger partial charge in [-0.3, -0.25) is 0 Å². The zero-order valence-corrected chi connectivity index (χ0v) is 5.17. The minimum Gasteiger partial charge on any atom is -0.550 e. The maximum atomic E-state index is 9.86. The lowest BCUT2D eigenvalue weighted by Crippen LogP contribution is -2.16. The number of aliphatic carboxylic acids is 1. The lowest BCUT2D eigenvalue weighted by atomic mass is 10.9. The quantitative estimate of drug-likeness (QED) is 0.398. The Morgan fingerprint density at radius 2 is 2.30 bits per heavy atom. The Morgan fingerprint density at radius 3 is 2.40 bits per heavy atom. The third kappa shape index (κ3) is 6.34. The molecule has 0 bridgehead atoms. The first-order valence-corrected chi connectivity index (χ1v) is 2.31. The molecule has 1 aromatic heterocycles. The van der Waals surface area contributed by atoms with Crippen LogP contribution in [0, 0.1) is 0 Å². The van der Waals surface area contributed by atoms with Crippen molar-refractivity contribution in [1.82, 2.24) is 15.4 Å². The summed E-state index contributed by atoms with van der Waals surface area (Å²) in [5, 5.41) is 18.5. The van der Waals surface area contributed by atoms with Crippen molar-refractivity contribution in [2.75, 3.05) is 0 Å². The normalized spacial score (nSPS) is 7.70. The van der Waals surface area contributed by atoms with Crippen molar-refractivity contribution in [1.29, 1.82) is 0 Å². The summed E-state index contributed by atoms with van der Waals surface area (Å²) in [5.74, 6) is -1.08. The molecule has 0 aromatic carbocycles. The number of aromatic amines is 3. The minimum absolute atomic E-state index is 0.324. The number of nitrogens with one attached hydrogen (secondary N) is 3. The summed E-state index contributed by atoms with van der Waals surface area (Å²) >= 11 is 0. The summed E-state index contributed by atoms with van der Waals surface area (Å²) in [7, 11) is 0. The number of carboxylic acids is 1. The molecule has 0 saturated heterocycles. The number of tetrazole rings is 1. The Kier molecular flexibility index (Phi) is 3.54. The molecule has 56 valence electrons. The largest absolute Gasteiger partial charge is 0.550 e. The van der Waals surface area contributed by atoms with Gasteiger partial charge in [0.25, 0.3) is 0 Å². The summed E-state index contributed by atoms with van der Waals surface area (Å²) in [4.78, 5) is 18.8. The number of hydrogen-bond acceptors (Lipinski definition) is 4. The zero-order chi connectivity index (χ0) is 7.98. The van der Waals surface area contributed by atoms with Gasteiger partial charge in [0.1, 0.15) is 5.21 Å². The van der Waals surface area contributed by atoms with Crippen LogP contribution in [0.4, 0.5) is 0 Å². The monoisotopic (exact) mass is 146 g/mol. The van der Waals surface area contributed by atoms with E-state index in [1.807, 2.05) is 0 Å². The van der Waals surface area contributed by atoms with Crippen molar-refractivity contribution in [2.24, 2.45) is 0 Å². The molecule has 0 radical (unpaired) electrons. The fraction of sp³-hybridized carbons (Fsp3) is 0.333. The van der Waals surface area contributed by atoms with Crippen LogP contribution in [-0.4, -0.2) is 21.4 Å². The Bertz CT molecular complexity index is 217. The molecule has 0 amide bonds. The van der Waals surface area contributed by atoms with Crippen molar-refractivity contribution in [2.45, 2.75) is 6.92 Å². The molecule has 1 heterocycles. The molecule has 1 rings (SSSR count). The standard InChI is InChI=1S/C2H4O2.CH2N4O/c1-2(3)4;6-1-2-4-5-3-1/h1H3,(H,3,4);(H2,2,3,4,5,6). The maximum absolute atomic E-state index is 9.86. The van der Waals surface area contributed by atoms with Gasteiger partial charge in [0.05, 0.1) is 0 Å². The molecule has 0 aliphatic heterocycles. The first-order chi connectivity index (χ1) is 4.63. The van der Waals surface area contributed by atoms with E-state index in [0.29, 0.717) is 0 Å². The van der Waals surface area contributed by atoms with Crippen LogP contribution in [0.3, 0.4) is 0 Å². The topological polar surface area (TPSA) is 116 Å². The van der Waals surface area contributed by atoms with E-state index in [2.05, 4.69) is 20.6 Å². The molecule has 7 nitrogen and oxygen atoms in total. The summed E-state index contributed by atoms with van der Waals surface area (Å²) in [6.07, 6.45) is 0. The SMILES string of the molecule is CC(=O)[O-].O=c1[nH]n[nH+][nH]1. The van der Waals surface area contributed by atoms with Crippen LogP contribution in [0.15, 0.2) is 4.79 Å². The van der Waals surface area contributed by atoms with Crippen LogP contribution < -0.4 is 16.0 Å². The average Bonchev–Trinajstić information content (AvgIpc) is 2.15. The lowest BCUT2D eigenvalue weighted by Gasteiger charge is -1.77. The van der Waals surface area contributed by atoms with Gasteiger partial charge >= 0.3 is 5.69 Å². The second kappa shape index (κ2) is 4.24. The van der Waals surface area contributed by atoms with E-state index < -0.39 is 5.97 Å². The Hall–Kier alpha value is -1.66. The molecule has 0 spiro atoms. The summed E-state index contributed by atoms with van der Waals surface area (Å²) in [6.45, 7) is 0.972. The Balaban J connectivity index is 0.000000180.